The normalized spacial score (nSPS) is 11.5. The van der Waals surface area contributed by atoms with Crippen LogP contribution in [0.2, 0.25) is 5.02 Å². The lowest BCUT2D eigenvalue weighted by molar-refractivity contribution is 0.501. The van der Waals surface area contributed by atoms with Crippen molar-refractivity contribution in [1.82, 2.24) is 0 Å². The first-order valence-corrected chi connectivity index (χ1v) is 7.65. The van der Waals surface area contributed by atoms with Crippen LogP contribution in [0.15, 0.2) is 29.2 Å². The zero-order valence-corrected chi connectivity index (χ0v) is 10.7. The number of benzene rings is 1. The van der Waals surface area contributed by atoms with Crippen molar-refractivity contribution in [1.29, 1.82) is 0 Å². The first-order valence-electron chi connectivity index (χ1n) is 3.46. The molecule has 0 atom stereocenters. The van der Waals surface area contributed by atoms with Crippen LogP contribution in [0.4, 0.5) is 0 Å². The van der Waals surface area contributed by atoms with Crippen molar-refractivity contribution in [2.75, 3.05) is 0 Å². The molecule has 0 aliphatic rings. The molecule has 0 heterocycles. The zero-order chi connectivity index (χ0) is 13.0. The van der Waals surface area contributed by atoms with Crippen molar-refractivity contribution in [3.8, 4) is 0 Å². The summed E-state index contributed by atoms with van der Waals surface area (Å²) in [6, 6.07) is 6.03. The minimum Gasteiger partial charge on any atom is -0.273 e. The SMILES string of the molecule is NS(=O)(=O)c1ccccc1Cl.O=S(=O)(O)Cl. The third-order valence-corrected chi connectivity index (χ3v) is 2.55. The molecule has 1 rings (SSSR count). The zero-order valence-electron chi connectivity index (χ0n) is 7.54. The number of sulfonamides is 1. The number of rotatable bonds is 1. The Balaban J connectivity index is 0.000000385. The van der Waals surface area contributed by atoms with Crippen LogP contribution in [-0.2, 0) is 19.4 Å². The van der Waals surface area contributed by atoms with Gasteiger partial charge < -0.3 is 0 Å². The van der Waals surface area contributed by atoms with Gasteiger partial charge in [-0.15, -0.1) is 0 Å². The van der Waals surface area contributed by atoms with Crippen molar-refractivity contribution < 1.29 is 21.4 Å². The lowest BCUT2D eigenvalue weighted by Gasteiger charge is -1.98. The maximum absolute atomic E-state index is 10.7. The summed E-state index contributed by atoms with van der Waals surface area (Å²) in [5.41, 5.74) is 0. The Morgan fingerprint density at radius 2 is 1.50 bits per heavy atom. The van der Waals surface area contributed by atoms with Crippen LogP contribution in [0.1, 0.15) is 0 Å². The molecule has 16 heavy (non-hydrogen) atoms. The molecule has 0 spiro atoms. The van der Waals surface area contributed by atoms with Crippen molar-refractivity contribution in [3.63, 3.8) is 0 Å². The van der Waals surface area contributed by atoms with Gasteiger partial charge in [0.1, 0.15) is 4.90 Å². The molecule has 1 aromatic rings. The molecule has 10 heteroatoms. The smallest absolute Gasteiger partial charge is 0.273 e. The molecule has 0 aliphatic carbocycles. The molecule has 0 fully saturated rings. The number of halogens is 2. The minimum atomic E-state index is -4.19. The van der Waals surface area contributed by atoms with E-state index in [0.717, 1.165) is 0 Å². The average molecular weight is 308 g/mol. The van der Waals surface area contributed by atoms with Crippen LogP contribution in [-0.4, -0.2) is 21.4 Å². The Hall–Kier alpha value is -0.380. The summed E-state index contributed by atoms with van der Waals surface area (Å²) >= 11 is 5.55. The monoisotopic (exact) mass is 307 g/mol. The van der Waals surface area contributed by atoms with Crippen LogP contribution < -0.4 is 5.14 Å². The fourth-order valence-corrected chi connectivity index (χ4v) is 1.74. The van der Waals surface area contributed by atoms with Gasteiger partial charge in [-0.25, -0.2) is 13.6 Å². The van der Waals surface area contributed by atoms with E-state index in [9.17, 15) is 8.42 Å². The molecular weight excluding hydrogens is 301 g/mol. The van der Waals surface area contributed by atoms with Gasteiger partial charge in [-0.3, -0.25) is 4.55 Å². The fourth-order valence-electron chi connectivity index (χ4n) is 0.675. The van der Waals surface area contributed by atoms with E-state index in [4.69, 9.17) is 29.7 Å². The Kier molecular flexibility index (Phi) is 5.66. The molecule has 0 saturated carbocycles. The van der Waals surface area contributed by atoms with Crippen LogP contribution in [0.3, 0.4) is 0 Å². The van der Waals surface area contributed by atoms with Gasteiger partial charge in [0.2, 0.25) is 10.0 Å². The van der Waals surface area contributed by atoms with Crippen molar-refractivity contribution in [2.24, 2.45) is 5.14 Å². The molecule has 0 aliphatic heterocycles. The Morgan fingerprint density at radius 1 is 1.12 bits per heavy atom. The summed E-state index contributed by atoms with van der Waals surface area (Å²) in [6.45, 7) is 0. The molecule has 0 unspecified atom stereocenters. The second-order valence-electron chi connectivity index (χ2n) is 2.39. The maximum atomic E-state index is 10.7. The van der Waals surface area contributed by atoms with Crippen LogP contribution in [0.25, 0.3) is 0 Å². The predicted octanol–water partition coefficient (Wildman–Crippen LogP) is 1.02. The number of hydrogen-bond donors (Lipinski definition) is 2. The van der Waals surface area contributed by atoms with Crippen molar-refractivity contribution in [2.45, 2.75) is 4.90 Å². The standard InChI is InChI=1S/C6H6ClNO2S.ClHO3S/c7-5-3-1-2-4-6(5)11(8,9)10;1-5(2,3)4/h1-4H,(H2,8,9,10);(H,2,3,4). The van der Waals surface area contributed by atoms with Gasteiger partial charge in [-0.2, -0.15) is 8.42 Å². The molecule has 92 valence electrons. The largest absolute Gasteiger partial charge is 0.353 e. The minimum absolute atomic E-state index is 0.0401. The molecule has 0 aromatic heterocycles. The second-order valence-corrected chi connectivity index (χ2v) is 6.32. The van der Waals surface area contributed by atoms with E-state index in [1.54, 1.807) is 12.1 Å². The lowest BCUT2D eigenvalue weighted by atomic mass is 10.4. The molecule has 0 bridgehead atoms. The Morgan fingerprint density at radius 3 is 1.75 bits per heavy atom. The quantitative estimate of drug-likeness (QED) is 0.593. The number of nitrogens with two attached hydrogens (primary N) is 1. The van der Waals surface area contributed by atoms with Crippen molar-refractivity contribution >= 4 is 41.6 Å². The van der Waals surface area contributed by atoms with Gasteiger partial charge in [0.25, 0.3) is 0 Å². The van der Waals surface area contributed by atoms with E-state index in [-0.39, 0.29) is 9.92 Å². The fraction of sp³-hybridized carbons (Fsp3) is 0. The third kappa shape index (κ3) is 7.85. The van der Waals surface area contributed by atoms with Gasteiger partial charge in [-0.05, 0) is 12.1 Å². The molecule has 3 N–H and O–H groups in total. The molecule has 1 aromatic carbocycles. The van der Waals surface area contributed by atoms with Crippen LogP contribution in [0.5, 0.6) is 0 Å². The Bertz CT molecular complexity index is 546. The highest BCUT2D eigenvalue weighted by Crippen LogP contribution is 2.18. The molecule has 0 radical (unpaired) electrons. The van der Waals surface area contributed by atoms with Gasteiger partial charge in [-0.1, -0.05) is 23.7 Å². The summed E-state index contributed by atoms with van der Waals surface area (Å²) in [5.74, 6) is 0. The van der Waals surface area contributed by atoms with Gasteiger partial charge in [0, 0.05) is 10.7 Å². The van der Waals surface area contributed by atoms with E-state index < -0.39 is 19.4 Å². The summed E-state index contributed by atoms with van der Waals surface area (Å²) in [6.07, 6.45) is 0. The molecule has 0 saturated heterocycles. The first kappa shape index (κ1) is 15.6. The van der Waals surface area contributed by atoms with E-state index in [2.05, 4.69) is 10.7 Å². The van der Waals surface area contributed by atoms with E-state index in [0.29, 0.717) is 0 Å². The van der Waals surface area contributed by atoms with Gasteiger partial charge >= 0.3 is 9.33 Å². The topological polar surface area (TPSA) is 115 Å². The number of primary sulfonamides is 1. The van der Waals surface area contributed by atoms with Crippen LogP contribution in [0, 0.1) is 0 Å². The third-order valence-electron chi connectivity index (χ3n) is 1.14. The van der Waals surface area contributed by atoms with E-state index in [1.807, 2.05) is 0 Å². The highest BCUT2D eigenvalue weighted by Gasteiger charge is 2.10. The van der Waals surface area contributed by atoms with Gasteiger partial charge in [0.05, 0.1) is 5.02 Å². The molecular formula is C6H7Cl2NO5S2. The second kappa shape index (κ2) is 5.80. The first-order chi connectivity index (χ1) is 7.02. The molecule has 0 amide bonds. The Labute approximate surface area is 102 Å². The van der Waals surface area contributed by atoms with Gasteiger partial charge in [0.15, 0.2) is 0 Å². The van der Waals surface area contributed by atoms with E-state index >= 15 is 0 Å². The molecule has 6 nitrogen and oxygen atoms in total. The summed E-state index contributed by atoms with van der Waals surface area (Å²) in [4.78, 5) is -0.0401. The van der Waals surface area contributed by atoms with Crippen LogP contribution >= 0.6 is 22.3 Å². The maximum Gasteiger partial charge on any atom is 0.353 e. The summed E-state index contributed by atoms with van der Waals surface area (Å²) < 4.78 is 46.7. The predicted molar refractivity (Wildman–Crippen MR) is 60.2 cm³/mol. The summed E-state index contributed by atoms with van der Waals surface area (Å²) in [5, 5.41) is 4.99. The highest BCUT2D eigenvalue weighted by atomic mass is 35.7. The average Bonchev–Trinajstić information content (AvgIpc) is 1.99. The summed E-state index contributed by atoms with van der Waals surface area (Å²) in [7, 11) is -3.80. The lowest BCUT2D eigenvalue weighted by Crippen LogP contribution is -2.12. The number of hydrogen-bond acceptors (Lipinski definition) is 4. The highest BCUT2D eigenvalue weighted by molar-refractivity contribution is 8.09. The van der Waals surface area contributed by atoms with E-state index in [1.165, 1.54) is 12.1 Å². The van der Waals surface area contributed by atoms with Crippen molar-refractivity contribution in [3.05, 3.63) is 29.3 Å².